The molecule has 19 heavy (non-hydrogen) atoms. The monoisotopic (exact) mass is 257 g/mol. The molecule has 2 aromatic carbocycles. The first kappa shape index (κ1) is 12.9. The van der Waals surface area contributed by atoms with Gasteiger partial charge in [-0.05, 0) is 30.7 Å². The molecule has 0 amide bonds. The molecule has 2 aromatic rings. The van der Waals surface area contributed by atoms with E-state index < -0.39 is 0 Å². The Bertz CT molecular complexity index is 611. The van der Waals surface area contributed by atoms with Crippen LogP contribution >= 0.6 is 0 Å². The van der Waals surface area contributed by atoms with E-state index in [0.717, 1.165) is 11.3 Å². The minimum atomic E-state index is -0.383. The van der Waals surface area contributed by atoms with Crippen molar-refractivity contribution in [2.45, 2.75) is 6.92 Å². The third-order valence-corrected chi connectivity index (χ3v) is 2.90. The number of anilines is 3. The van der Waals surface area contributed by atoms with Gasteiger partial charge in [-0.2, -0.15) is 0 Å². The second-order valence-electron chi connectivity index (χ2n) is 4.15. The molecule has 0 saturated heterocycles. The molecule has 2 rings (SSSR count). The lowest BCUT2D eigenvalue weighted by molar-refractivity contribution is -0.383. The Morgan fingerprint density at radius 1 is 1.00 bits per heavy atom. The van der Waals surface area contributed by atoms with Gasteiger partial charge in [0.25, 0.3) is 0 Å². The number of nitro benzene ring substituents is 1. The Labute approximate surface area is 111 Å². The fraction of sp³-hybridized carbons (Fsp3) is 0.143. The van der Waals surface area contributed by atoms with Crippen LogP contribution in [0.15, 0.2) is 42.5 Å². The molecule has 98 valence electrons. The van der Waals surface area contributed by atoms with Crippen molar-refractivity contribution in [1.82, 2.24) is 0 Å². The highest BCUT2D eigenvalue weighted by Gasteiger charge is 2.19. The highest BCUT2D eigenvalue weighted by atomic mass is 16.6. The average Bonchev–Trinajstić information content (AvgIpc) is 2.40. The SMILES string of the molecule is CNc1cccc(Nc2ccccc2C)c1[N+](=O)[O-]. The van der Waals surface area contributed by atoms with E-state index in [4.69, 9.17) is 0 Å². The number of benzene rings is 2. The summed E-state index contributed by atoms with van der Waals surface area (Å²) < 4.78 is 0. The van der Waals surface area contributed by atoms with Gasteiger partial charge in [-0.15, -0.1) is 0 Å². The summed E-state index contributed by atoms with van der Waals surface area (Å²) in [5.74, 6) is 0. The molecular formula is C14H15N3O2. The first-order valence-corrected chi connectivity index (χ1v) is 5.91. The molecule has 0 unspecified atom stereocenters. The molecule has 0 spiro atoms. The van der Waals surface area contributed by atoms with Gasteiger partial charge in [0, 0.05) is 12.7 Å². The Hall–Kier alpha value is -2.56. The largest absolute Gasteiger partial charge is 0.382 e. The van der Waals surface area contributed by atoms with E-state index in [2.05, 4.69) is 10.6 Å². The first-order valence-electron chi connectivity index (χ1n) is 5.91. The molecule has 0 aliphatic heterocycles. The van der Waals surface area contributed by atoms with Crippen molar-refractivity contribution in [2.24, 2.45) is 0 Å². The summed E-state index contributed by atoms with van der Waals surface area (Å²) in [5.41, 5.74) is 2.91. The molecular weight excluding hydrogens is 242 g/mol. The van der Waals surface area contributed by atoms with E-state index in [1.165, 1.54) is 0 Å². The van der Waals surface area contributed by atoms with E-state index >= 15 is 0 Å². The van der Waals surface area contributed by atoms with Gasteiger partial charge in [-0.25, -0.2) is 0 Å². The van der Waals surface area contributed by atoms with E-state index in [-0.39, 0.29) is 10.6 Å². The Morgan fingerprint density at radius 2 is 1.63 bits per heavy atom. The standard InChI is InChI=1S/C14H15N3O2/c1-10-6-3-4-7-11(10)16-13-9-5-8-12(15-2)14(13)17(18)19/h3-9,15-16H,1-2H3. The van der Waals surface area contributed by atoms with Gasteiger partial charge in [0.1, 0.15) is 11.4 Å². The van der Waals surface area contributed by atoms with E-state index in [0.29, 0.717) is 11.4 Å². The molecule has 0 fully saturated rings. The zero-order valence-corrected chi connectivity index (χ0v) is 10.8. The number of para-hydroxylation sites is 2. The summed E-state index contributed by atoms with van der Waals surface area (Å²) in [6.07, 6.45) is 0. The van der Waals surface area contributed by atoms with Crippen molar-refractivity contribution < 1.29 is 4.92 Å². The number of hydrogen-bond acceptors (Lipinski definition) is 4. The first-order chi connectivity index (χ1) is 9.13. The predicted molar refractivity (Wildman–Crippen MR) is 77.1 cm³/mol. The van der Waals surface area contributed by atoms with Crippen molar-refractivity contribution in [3.8, 4) is 0 Å². The molecule has 0 heterocycles. The van der Waals surface area contributed by atoms with Gasteiger partial charge >= 0.3 is 5.69 Å². The maximum Gasteiger partial charge on any atom is 0.315 e. The Morgan fingerprint density at radius 3 is 2.26 bits per heavy atom. The number of rotatable bonds is 4. The molecule has 0 aromatic heterocycles. The lowest BCUT2D eigenvalue weighted by Crippen LogP contribution is -2.02. The van der Waals surface area contributed by atoms with Gasteiger partial charge in [0.15, 0.2) is 0 Å². The maximum absolute atomic E-state index is 11.2. The van der Waals surface area contributed by atoms with E-state index in [1.54, 1.807) is 25.2 Å². The van der Waals surface area contributed by atoms with E-state index in [1.807, 2.05) is 31.2 Å². The third-order valence-electron chi connectivity index (χ3n) is 2.90. The lowest BCUT2D eigenvalue weighted by Gasteiger charge is -2.11. The van der Waals surface area contributed by atoms with Crippen molar-refractivity contribution in [1.29, 1.82) is 0 Å². The summed E-state index contributed by atoms with van der Waals surface area (Å²) in [6, 6.07) is 12.8. The molecule has 5 nitrogen and oxygen atoms in total. The zero-order chi connectivity index (χ0) is 13.8. The van der Waals surface area contributed by atoms with Crippen LogP contribution < -0.4 is 10.6 Å². The minimum Gasteiger partial charge on any atom is -0.382 e. The van der Waals surface area contributed by atoms with E-state index in [9.17, 15) is 10.1 Å². The molecule has 2 N–H and O–H groups in total. The summed E-state index contributed by atoms with van der Waals surface area (Å²) >= 11 is 0. The molecule has 0 aliphatic carbocycles. The van der Waals surface area contributed by atoms with Crippen LogP contribution in [0.4, 0.5) is 22.7 Å². The normalized spacial score (nSPS) is 10.0. The van der Waals surface area contributed by atoms with Gasteiger partial charge in [-0.3, -0.25) is 10.1 Å². The van der Waals surface area contributed by atoms with Gasteiger partial charge in [-0.1, -0.05) is 24.3 Å². The minimum absolute atomic E-state index is 0.0493. The Balaban J connectivity index is 2.46. The van der Waals surface area contributed by atoms with Gasteiger partial charge in [0.05, 0.1) is 4.92 Å². The fourth-order valence-corrected chi connectivity index (χ4v) is 1.90. The second kappa shape index (κ2) is 5.39. The van der Waals surface area contributed by atoms with Crippen molar-refractivity contribution in [3.63, 3.8) is 0 Å². The number of hydrogen-bond donors (Lipinski definition) is 2. The topological polar surface area (TPSA) is 67.2 Å². The number of nitro groups is 1. The average molecular weight is 257 g/mol. The van der Waals surface area contributed by atoms with Crippen LogP contribution in [0.2, 0.25) is 0 Å². The van der Waals surface area contributed by atoms with Gasteiger partial charge in [0.2, 0.25) is 0 Å². The van der Waals surface area contributed by atoms with Crippen LogP contribution in [0.25, 0.3) is 0 Å². The number of nitrogens with zero attached hydrogens (tertiary/aromatic N) is 1. The summed E-state index contributed by atoms with van der Waals surface area (Å²) in [4.78, 5) is 10.8. The van der Waals surface area contributed by atoms with Crippen LogP contribution in [0, 0.1) is 17.0 Å². The summed E-state index contributed by atoms with van der Waals surface area (Å²) in [5, 5.41) is 17.2. The van der Waals surface area contributed by atoms with Crippen molar-refractivity contribution in [2.75, 3.05) is 17.7 Å². The molecule has 0 bridgehead atoms. The smallest absolute Gasteiger partial charge is 0.315 e. The van der Waals surface area contributed by atoms with Crippen molar-refractivity contribution >= 4 is 22.7 Å². The molecule has 0 radical (unpaired) electrons. The number of nitrogens with one attached hydrogen (secondary N) is 2. The van der Waals surface area contributed by atoms with Gasteiger partial charge < -0.3 is 10.6 Å². The second-order valence-corrected chi connectivity index (χ2v) is 4.15. The molecule has 0 saturated carbocycles. The van der Waals surface area contributed by atoms with Crippen LogP contribution in [-0.4, -0.2) is 12.0 Å². The summed E-state index contributed by atoms with van der Waals surface area (Å²) in [6.45, 7) is 1.95. The van der Waals surface area contributed by atoms with Crippen LogP contribution in [0.1, 0.15) is 5.56 Å². The highest BCUT2D eigenvalue weighted by Crippen LogP contribution is 2.34. The quantitative estimate of drug-likeness (QED) is 0.647. The van der Waals surface area contributed by atoms with Crippen molar-refractivity contribution in [3.05, 3.63) is 58.1 Å². The number of aryl methyl sites for hydroxylation is 1. The lowest BCUT2D eigenvalue weighted by atomic mass is 10.1. The highest BCUT2D eigenvalue weighted by molar-refractivity contribution is 5.80. The molecule has 0 aliphatic rings. The van der Waals surface area contributed by atoms with Crippen LogP contribution in [-0.2, 0) is 0 Å². The zero-order valence-electron chi connectivity index (χ0n) is 10.8. The molecule has 0 atom stereocenters. The third kappa shape index (κ3) is 2.65. The fourth-order valence-electron chi connectivity index (χ4n) is 1.90. The summed E-state index contributed by atoms with van der Waals surface area (Å²) in [7, 11) is 1.67. The molecule has 5 heteroatoms. The Kier molecular flexibility index (Phi) is 3.66. The van der Waals surface area contributed by atoms with Crippen LogP contribution in [0.3, 0.4) is 0 Å². The maximum atomic E-state index is 11.2. The predicted octanol–water partition coefficient (Wildman–Crippen LogP) is 3.69. The van der Waals surface area contributed by atoms with Crippen LogP contribution in [0.5, 0.6) is 0 Å².